The van der Waals surface area contributed by atoms with Crippen LogP contribution in [0, 0.1) is 5.92 Å². The number of nitrogens with two attached hydrogens (primary N) is 1. The maximum atomic E-state index is 13.0. The van der Waals surface area contributed by atoms with E-state index in [4.69, 9.17) is 22.1 Å². The highest BCUT2D eigenvalue weighted by Crippen LogP contribution is 2.35. The Morgan fingerprint density at radius 3 is 2.40 bits per heavy atom. The number of carbonyl (C=O) groups excluding carboxylic acids is 1. The lowest BCUT2D eigenvalue weighted by atomic mass is 10.1. The third-order valence-corrected chi connectivity index (χ3v) is 6.17. The summed E-state index contributed by atoms with van der Waals surface area (Å²) in [6.07, 6.45) is 0. The van der Waals surface area contributed by atoms with E-state index in [1.165, 1.54) is 28.4 Å². The Kier molecular flexibility index (Phi) is 7.12. The second-order valence-corrected chi connectivity index (χ2v) is 8.49. The van der Waals surface area contributed by atoms with Crippen molar-refractivity contribution in [2.24, 2.45) is 11.7 Å². The number of halogens is 2. The van der Waals surface area contributed by atoms with Crippen LogP contribution in [0.4, 0.5) is 0 Å². The van der Waals surface area contributed by atoms with Crippen molar-refractivity contribution in [3.63, 3.8) is 0 Å². The molecule has 7 nitrogen and oxygen atoms in total. The number of rotatable bonds is 4. The first-order chi connectivity index (χ1) is 11.1. The summed E-state index contributed by atoms with van der Waals surface area (Å²) in [4.78, 5) is 13.6. The van der Waals surface area contributed by atoms with Crippen molar-refractivity contribution in [1.29, 1.82) is 0 Å². The van der Waals surface area contributed by atoms with Crippen LogP contribution in [0.25, 0.3) is 0 Å². The van der Waals surface area contributed by atoms with Gasteiger partial charge in [-0.2, -0.15) is 4.31 Å². The van der Waals surface area contributed by atoms with E-state index < -0.39 is 15.9 Å². The van der Waals surface area contributed by atoms with Gasteiger partial charge >= 0.3 is 0 Å². The number of methoxy groups -OCH3 is 1. The van der Waals surface area contributed by atoms with Crippen molar-refractivity contribution in [2.75, 3.05) is 34.3 Å². The summed E-state index contributed by atoms with van der Waals surface area (Å²) in [5, 5.41) is 0.149. The molecule has 0 radical (unpaired) electrons. The molecule has 10 heteroatoms. The first-order valence-electron chi connectivity index (χ1n) is 7.44. The molecule has 142 valence electrons. The molecule has 2 unspecified atom stereocenters. The van der Waals surface area contributed by atoms with Crippen molar-refractivity contribution in [3.05, 3.63) is 22.7 Å². The minimum atomic E-state index is -3.88. The highest BCUT2D eigenvalue weighted by Gasteiger charge is 2.38. The Morgan fingerprint density at radius 2 is 1.96 bits per heavy atom. The fourth-order valence-electron chi connectivity index (χ4n) is 2.65. The van der Waals surface area contributed by atoms with Gasteiger partial charge in [-0.25, -0.2) is 8.42 Å². The summed E-state index contributed by atoms with van der Waals surface area (Å²) in [6.45, 7) is 2.43. The molecule has 1 saturated heterocycles. The van der Waals surface area contributed by atoms with Crippen LogP contribution in [0.3, 0.4) is 0 Å². The Labute approximate surface area is 159 Å². The molecule has 0 saturated carbocycles. The quantitative estimate of drug-likeness (QED) is 0.808. The molecule has 2 rings (SSSR count). The molecule has 2 atom stereocenters. The van der Waals surface area contributed by atoms with Gasteiger partial charge in [-0.05, 0) is 18.1 Å². The van der Waals surface area contributed by atoms with Crippen LogP contribution in [0.15, 0.2) is 17.0 Å². The van der Waals surface area contributed by atoms with Crippen LogP contribution >= 0.6 is 24.0 Å². The van der Waals surface area contributed by atoms with E-state index in [0.717, 1.165) is 0 Å². The number of amides is 1. The van der Waals surface area contributed by atoms with Gasteiger partial charge in [0.1, 0.15) is 4.90 Å². The molecule has 1 aromatic carbocycles. The maximum Gasteiger partial charge on any atom is 0.257 e. The molecule has 2 N–H and O–H groups in total. The lowest BCUT2D eigenvalue weighted by Gasteiger charge is -2.21. The van der Waals surface area contributed by atoms with Gasteiger partial charge in [0.25, 0.3) is 5.91 Å². The van der Waals surface area contributed by atoms with Gasteiger partial charge in [0.15, 0.2) is 5.75 Å². The largest absolute Gasteiger partial charge is 0.494 e. The number of hydrogen-bond donors (Lipinski definition) is 1. The van der Waals surface area contributed by atoms with E-state index in [9.17, 15) is 13.2 Å². The maximum absolute atomic E-state index is 13.0. The molecule has 0 spiro atoms. The van der Waals surface area contributed by atoms with Crippen LogP contribution in [-0.4, -0.2) is 63.9 Å². The van der Waals surface area contributed by atoms with E-state index >= 15 is 0 Å². The van der Waals surface area contributed by atoms with Crippen LogP contribution in [0.5, 0.6) is 5.75 Å². The third kappa shape index (κ3) is 4.20. The van der Waals surface area contributed by atoms with E-state index in [2.05, 4.69) is 0 Å². The lowest BCUT2D eigenvalue weighted by Crippen LogP contribution is -2.33. The molecule has 1 aliphatic rings. The zero-order valence-electron chi connectivity index (χ0n) is 14.5. The van der Waals surface area contributed by atoms with Gasteiger partial charge < -0.3 is 15.4 Å². The normalized spacial score (nSPS) is 20.9. The highest BCUT2D eigenvalue weighted by molar-refractivity contribution is 7.89. The Balaban J connectivity index is 0.00000312. The molecule has 25 heavy (non-hydrogen) atoms. The van der Waals surface area contributed by atoms with Gasteiger partial charge in [-0.15, -0.1) is 12.4 Å². The number of carbonyl (C=O) groups is 1. The molecule has 0 aliphatic carbocycles. The molecule has 1 aromatic rings. The zero-order valence-corrected chi connectivity index (χ0v) is 16.9. The van der Waals surface area contributed by atoms with Crippen molar-refractivity contribution >= 4 is 39.9 Å². The molecular weight excluding hydrogens is 389 g/mol. The second-order valence-electron chi connectivity index (χ2n) is 6.15. The number of benzene rings is 1. The number of hydrogen-bond acceptors (Lipinski definition) is 5. The van der Waals surface area contributed by atoms with Gasteiger partial charge in [0.05, 0.1) is 12.7 Å². The predicted molar refractivity (Wildman–Crippen MR) is 99.2 cm³/mol. The van der Waals surface area contributed by atoms with Crippen molar-refractivity contribution in [2.45, 2.75) is 17.9 Å². The molecule has 0 aromatic heterocycles. The number of ether oxygens (including phenoxy) is 1. The van der Waals surface area contributed by atoms with Gasteiger partial charge in [0.2, 0.25) is 10.0 Å². The Bertz CT molecular complexity index is 745. The van der Waals surface area contributed by atoms with E-state index in [1.54, 1.807) is 14.1 Å². The van der Waals surface area contributed by atoms with E-state index in [0.29, 0.717) is 6.54 Å². The molecule has 1 fully saturated rings. The minimum absolute atomic E-state index is 0. The summed E-state index contributed by atoms with van der Waals surface area (Å²) < 4.78 is 32.6. The van der Waals surface area contributed by atoms with Gasteiger partial charge in [0, 0.05) is 38.2 Å². The van der Waals surface area contributed by atoms with Gasteiger partial charge in [-0.1, -0.05) is 18.5 Å². The standard InChI is InChI=1S/C15H22ClN3O4S.ClH/c1-9-7-19(8-12(9)17)24(21,22)13-6-10(16)5-11(14(13)23-4)15(20)18(2)3;/h5-6,9,12H,7-8,17H2,1-4H3;1H. The third-order valence-electron chi connectivity index (χ3n) is 4.12. The number of sulfonamides is 1. The number of nitrogens with zero attached hydrogens (tertiary/aromatic N) is 2. The fourth-order valence-corrected chi connectivity index (χ4v) is 4.72. The van der Waals surface area contributed by atoms with Crippen LogP contribution in [-0.2, 0) is 10.0 Å². The average Bonchev–Trinajstić information content (AvgIpc) is 2.85. The molecule has 1 aliphatic heterocycles. The van der Waals surface area contributed by atoms with E-state index in [-0.39, 0.29) is 52.1 Å². The monoisotopic (exact) mass is 411 g/mol. The van der Waals surface area contributed by atoms with Crippen LogP contribution < -0.4 is 10.5 Å². The Hall–Kier alpha value is -1.06. The smallest absolute Gasteiger partial charge is 0.257 e. The summed E-state index contributed by atoms with van der Waals surface area (Å²) in [7, 11) is 0.583. The van der Waals surface area contributed by atoms with Crippen LogP contribution in [0.2, 0.25) is 5.02 Å². The summed E-state index contributed by atoms with van der Waals surface area (Å²) in [5.74, 6) is -0.351. The predicted octanol–water partition coefficient (Wildman–Crippen LogP) is 1.44. The van der Waals surface area contributed by atoms with E-state index in [1.807, 2.05) is 6.92 Å². The van der Waals surface area contributed by atoms with Crippen LogP contribution in [0.1, 0.15) is 17.3 Å². The minimum Gasteiger partial charge on any atom is -0.494 e. The summed E-state index contributed by atoms with van der Waals surface area (Å²) >= 11 is 6.06. The Morgan fingerprint density at radius 1 is 1.36 bits per heavy atom. The molecule has 1 heterocycles. The molecule has 0 bridgehead atoms. The zero-order chi connectivity index (χ0) is 18.2. The molecule has 1 amide bonds. The summed E-state index contributed by atoms with van der Waals surface area (Å²) in [6, 6.07) is 2.48. The first-order valence-corrected chi connectivity index (χ1v) is 9.26. The fraction of sp³-hybridized carbons (Fsp3) is 0.533. The van der Waals surface area contributed by atoms with Crippen molar-refractivity contribution < 1.29 is 17.9 Å². The molecular formula is C15H23Cl2N3O4S. The van der Waals surface area contributed by atoms with Crippen molar-refractivity contribution in [1.82, 2.24) is 9.21 Å². The van der Waals surface area contributed by atoms with Crippen molar-refractivity contribution in [3.8, 4) is 5.75 Å². The first kappa shape index (κ1) is 22.0. The second kappa shape index (κ2) is 8.09. The highest BCUT2D eigenvalue weighted by atomic mass is 35.5. The summed E-state index contributed by atoms with van der Waals surface area (Å²) in [5.41, 5.74) is 6.04. The average molecular weight is 412 g/mol. The SMILES string of the molecule is COc1c(C(=O)N(C)C)cc(Cl)cc1S(=O)(=O)N1CC(C)C(N)C1.Cl. The lowest BCUT2D eigenvalue weighted by molar-refractivity contribution is 0.0823. The van der Waals surface area contributed by atoms with Gasteiger partial charge in [-0.3, -0.25) is 4.79 Å². The topological polar surface area (TPSA) is 92.9 Å².